The summed E-state index contributed by atoms with van der Waals surface area (Å²) >= 11 is 3.92. The van der Waals surface area contributed by atoms with E-state index in [0.717, 1.165) is 15.8 Å². The molecule has 7 aromatic rings. The van der Waals surface area contributed by atoms with Crippen molar-refractivity contribution in [2.45, 2.75) is 0 Å². The lowest BCUT2D eigenvalue weighted by molar-refractivity contribution is 1.09. The highest BCUT2D eigenvalue weighted by molar-refractivity contribution is 9.10. The minimum absolute atomic E-state index is 1.06. The van der Waals surface area contributed by atoms with E-state index in [2.05, 4.69) is 140 Å². The van der Waals surface area contributed by atoms with E-state index in [9.17, 15) is 0 Å². The van der Waals surface area contributed by atoms with Crippen LogP contribution in [0.25, 0.3) is 55.0 Å². The third-order valence-electron chi connectivity index (χ3n) is 6.59. The fraction of sp³-hybridized carbons (Fsp3) is 0. The van der Waals surface area contributed by atoms with E-state index in [1.54, 1.807) is 0 Å². The van der Waals surface area contributed by atoms with Crippen molar-refractivity contribution in [3.05, 3.63) is 120 Å². The van der Waals surface area contributed by atoms with E-state index in [0.29, 0.717) is 0 Å². The van der Waals surface area contributed by atoms with Crippen LogP contribution >= 0.6 is 15.9 Å². The van der Waals surface area contributed by atoms with Crippen molar-refractivity contribution in [1.82, 2.24) is 9.13 Å². The SMILES string of the molecule is Brc1cccc(-n2c3ccccc3c3ccccc32)c1-n1c2ccccc2c2ccccc21. The molecule has 0 aliphatic carbocycles. The first-order valence-electron chi connectivity index (χ1n) is 11.1. The van der Waals surface area contributed by atoms with E-state index in [1.165, 1.54) is 43.6 Å². The number of para-hydroxylation sites is 5. The molecule has 2 nitrogen and oxygen atoms in total. The molecule has 2 aromatic heterocycles. The molecule has 0 amide bonds. The van der Waals surface area contributed by atoms with Gasteiger partial charge in [0.1, 0.15) is 0 Å². The number of fused-ring (bicyclic) bond motifs is 6. The highest BCUT2D eigenvalue weighted by Crippen LogP contribution is 2.40. The molecule has 0 fully saturated rings. The number of halogens is 1. The van der Waals surface area contributed by atoms with Crippen LogP contribution in [0, 0.1) is 0 Å². The Labute approximate surface area is 199 Å². The molecule has 0 bridgehead atoms. The van der Waals surface area contributed by atoms with E-state index in [4.69, 9.17) is 0 Å². The number of aromatic nitrogens is 2. The van der Waals surface area contributed by atoms with Crippen LogP contribution in [0.1, 0.15) is 0 Å². The quantitative estimate of drug-likeness (QED) is 0.231. The van der Waals surface area contributed by atoms with Gasteiger partial charge in [-0.1, -0.05) is 78.9 Å². The summed E-state index contributed by atoms with van der Waals surface area (Å²) in [5.74, 6) is 0. The predicted octanol–water partition coefficient (Wildman–Crippen LogP) is 8.64. The lowest BCUT2D eigenvalue weighted by Gasteiger charge is -2.18. The molecular formula is C30H19BrN2. The molecule has 0 unspecified atom stereocenters. The van der Waals surface area contributed by atoms with Gasteiger partial charge in [-0.2, -0.15) is 0 Å². The molecule has 0 spiro atoms. The van der Waals surface area contributed by atoms with E-state index in [1.807, 2.05) is 0 Å². The second-order valence-corrected chi connectivity index (χ2v) is 9.20. The van der Waals surface area contributed by atoms with Crippen LogP contribution in [-0.4, -0.2) is 9.13 Å². The predicted molar refractivity (Wildman–Crippen MR) is 143 cm³/mol. The van der Waals surface area contributed by atoms with Gasteiger partial charge in [0.05, 0.1) is 33.4 Å². The average Bonchev–Trinajstić information content (AvgIpc) is 3.37. The van der Waals surface area contributed by atoms with Crippen molar-refractivity contribution in [2.75, 3.05) is 0 Å². The molecule has 0 aliphatic rings. The Bertz CT molecular complexity index is 1730. The Kier molecular flexibility index (Phi) is 4.02. The minimum atomic E-state index is 1.06. The topological polar surface area (TPSA) is 9.86 Å². The molecule has 0 saturated carbocycles. The summed E-state index contributed by atoms with van der Waals surface area (Å²) < 4.78 is 5.86. The fourth-order valence-corrected chi connectivity index (χ4v) is 5.78. The number of benzene rings is 5. The molecule has 0 radical (unpaired) electrons. The molecule has 0 atom stereocenters. The van der Waals surface area contributed by atoms with Crippen LogP contribution in [0.15, 0.2) is 120 Å². The van der Waals surface area contributed by atoms with Crippen LogP contribution in [0.4, 0.5) is 0 Å². The van der Waals surface area contributed by atoms with Crippen LogP contribution in [0.5, 0.6) is 0 Å². The smallest absolute Gasteiger partial charge is 0.0846 e. The van der Waals surface area contributed by atoms with Gasteiger partial charge in [-0.05, 0) is 52.3 Å². The van der Waals surface area contributed by atoms with Crippen molar-refractivity contribution < 1.29 is 0 Å². The van der Waals surface area contributed by atoms with Crippen molar-refractivity contribution in [2.24, 2.45) is 0 Å². The lowest BCUT2D eigenvalue weighted by Crippen LogP contribution is -2.04. The Balaban J connectivity index is 1.69. The molecule has 2 heterocycles. The van der Waals surface area contributed by atoms with Crippen LogP contribution in [0.2, 0.25) is 0 Å². The van der Waals surface area contributed by atoms with Gasteiger partial charge < -0.3 is 9.13 Å². The monoisotopic (exact) mass is 486 g/mol. The first kappa shape index (κ1) is 18.7. The highest BCUT2D eigenvalue weighted by Gasteiger charge is 2.20. The van der Waals surface area contributed by atoms with E-state index in [-0.39, 0.29) is 0 Å². The molecule has 5 aromatic carbocycles. The fourth-order valence-electron chi connectivity index (χ4n) is 5.25. The second-order valence-electron chi connectivity index (χ2n) is 8.35. The van der Waals surface area contributed by atoms with E-state index < -0.39 is 0 Å². The first-order valence-corrected chi connectivity index (χ1v) is 11.9. The summed E-state index contributed by atoms with van der Waals surface area (Å²) in [4.78, 5) is 0. The molecular weight excluding hydrogens is 468 g/mol. The molecule has 0 saturated heterocycles. The van der Waals surface area contributed by atoms with Gasteiger partial charge >= 0.3 is 0 Å². The average molecular weight is 487 g/mol. The summed E-state index contributed by atoms with van der Waals surface area (Å²) in [5.41, 5.74) is 7.10. The Morgan fingerprint density at radius 3 is 1.24 bits per heavy atom. The number of nitrogens with zero attached hydrogens (tertiary/aromatic N) is 2. The van der Waals surface area contributed by atoms with Gasteiger partial charge in [-0.3, -0.25) is 0 Å². The van der Waals surface area contributed by atoms with Gasteiger partial charge in [0.25, 0.3) is 0 Å². The molecule has 0 N–H and O–H groups in total. The number of hydrogen-bond donors (Lipinski definition) is 0. The van der Waals surface area contributed by atoms with Gasteiger partial charge in [0.15, 0.2) is 0 Å². The maximum Gasteiger partial charge on any atom is 0.0846 e. The second kappa shape index (κ2) is 7.09. The summed E-state index contributed by atoms with van der Waals surface area (Å²) in [7, 11) is 0. The van der Waals surface area contributed by atoms with Crippen molar-refractivity contribution in [3.8, 4) is 11.4 Å². The van der Waals surface area contributed by atoms with Crippen LogP contribution in [0.3, 0.4) is 0 Å². The van der Waals surface area contributed by atoms with Crippen molar-refractivity contribution in [1.29, 1.82) is 0 Å². The normalized spacial score (nSPS) is 11.8. The Hall–Kier alpha value is -3.82. The highest BCUT2D eigenvalue weighted by atomic mass is 79.9. The van der Waals surface area contributed by atoms with Crippen molar-refractivity contribution in [3.63, 3.8) is 0 Å². The Morgan fingerprint density at radius 2 is 0.788 bits per heavy atom. The van der Waals surface area contributed by atoms with Crippen LogP contribution < -0.4 is 0 Å². The maximum atomic E-state index is 3.92. The third kappa shape index (κ3) is 2.60. The lowest BCUT2D eigenvalue weighted by atomic mass is 10.2. The Morgan fingerprint density at radius 1 is 0.394 bits per heavy atom. The maximum absolute atomic E-state index is 3.92. The zero-order chi connectivity index (χ0) is 21.9. The summed E-state index contributed by atoms with van der Waals surface area (Å²) in [5, 5.41) is 5.05. The first-order chi connectivity index (χ1) is 16.3. The number of rotatable bonds is 2. The van der Waals surface area contributed by atoms with Gasteiger partial charge in [0.2, 0.25) is 0 Å². The minimum Gasteiger partial charge on any atom is -0.307 e. The summed E-state index contributed by atoms with van der Waals surface area (Å²) in [6, 6.07) is 41.2. The zero-order valence-corrected chi connectivity index (χ0v) is 19.3. The largest absolute Gasteiger partial charge is 0.307 e. The molecule has 0 aliphatic heterocycles. The zero-order valence-electron chi connectivity index (χ0n) is 17.7. The van der Waals surface area contributed by atoms with Gasteiger partial charge in [-0.25, -0.2) is 0 Å². The summed E-state index contributed by atoms with van der Waals surface area (Å²) in [6.07, 6.45) is 0. The molecule has 3 heteroatoms. The van der Waals surface area contributed by atoms with E-state index >= 15 is 0 Å². The van der Waals surface area contributed by atoms with Gasteiger partial charge in [0, 0.05) is 26.0 Å². The third-order valence-corrected chi connectivity index (χ3v) is 7.23. The standard InChI is InChI=1S/C30H19BrN2/c31-24-14-9-19-29(32-25-15-5-1-10-20(25)21-11-2-6-16-26(21)32)30(24)33-27-17-7-3-12-22(27)23-13-4-8-18-28(23)33/h1-19H. The summed E-state index contributed by atoms with van der Waals surface area (Å²) in [6.45, 7) is 0. The molecule has 7 rings (SSSR count). The van der Waals surface area contributed by atoms with Crippen LogP contribution in [-0.2, 0) is 0 Å². The molecule has 156 valence electrons. The van der Waals surface area contributed by atoms with Gasteiger partial charge in [-0.15, -0.1) is 0 Å². The number of hydrogen-bond acceptors (Lipinski definition) is 0. The molecule has 33 heavy (non-hydrogen) atoms. The van der Waals surface area contributed by atoms with Crippen molar-refractivity contribution >= 4 is 59.5 Å².